The Morgan fingerprint density at radius 1 is 1.04 bits per heavy atom. The first-order chi connectivity index (χ1) is 10.8. The zero-order valence-electron chi connectivity index (χ0n) is 14.8. The lowest BCUT2D eigenvalue weighted by Gasteiger charge is -2.26. The minimum Gasteiger partial charge on any atom is -0.489 e. The molecule has 0 radical (unpaired) electrons. The van der Waals surface area contributed by atoms with Gasteiger partial charge in [-0.2, -0.15) is 0 Å². The summed E-state index contributed by atoms with van der Waals surface area (Å²) in [5, 5.41) is 0. The van der Waals surface area contributed by atoms with Crippen molar-refractivity contribution < 1.29 is 14.3 Å². The van der Waals surface area contributed by atoms with Crippen molar-refractivity contribution in [2.24, 2.45) is 11.8 Å². The van der Waals surface area contributed by atoms with Crippen LogP contribution in [0.5, 0.6) is 11.5 Å². The second kappa shape index (κ2) is 6.18. The number of ether oxygens (including phenoxy) is 2. The third-order valence-electron chi connectivity index (χ3n) is 4.60. The van der Waals surface area contributed by atoms with Crippen molar-refractivity contribution in [3.8, 4) is 11.5 Å². The zero-order chi connectivity index (χ0) is 16.6. The lowest BCUT2D eigenvalue weighted by Crippen LogP contribution is -2.17. The van der Waals surface area contributed by atoms with Gasteiger partial charge in [-0.05, 0) is 62.0 Å². The highest BCUT2D eigenvalue weighted by molar-refractivity contribution is 5.95. The Morgan fingerprint density at radius 2 is 1.61 bits per heavy atom. The van der Waals surface area contributed by atoms with E-state index in [2.05, 4.69) is 20.8 Å². The van der Waals surface area contributed by atoms with E-state index < -0.39 is 0 Å². The van der Waals surface area contributed by atoms with Crippen molar-refractivity contribution in [2.45, 2.75) is 58.8 Å². The molecule has 0 bridgehead atoms. The van der Waals surface area contributed by atoms with Gasteiger partial charge >= 0.3 is 0 Å². The molecule has 0 amide bonds. The summed E-state index contributed by atoms with van der Waals surface area (Å²) >= 11 is 0. The molecule has 2 aliphatic rings. The zero-order valence-corrected chi connectivity index (χ0v) is 14.8. The highest BCUT2D eigenvalue weighted by Crippen LogP contribution is 2.42. The van der Waals surface area contributed by atoms with Gasteiger partial charge in [0.05, 0.1) is 13.2 Å². The van der Waals surface area contributed by atoms with Gasteiger partial charge in [0, 0.05) is 11.1 Å². The minimum absolute atomic E-state index is 0.0699. The Labute approximate surface area is 139 Å². The maximum Gasteiger partial charge on any atom is 0.164 e. The topological polar surface area (TPSA) is 35.5 Å². The number of rotatable bonds is 7. The molecule has 2 aliphatic carbocycles. The summed E-state index contributed by atoms with van der Waals surface area (Å²) in [5.74, 6) is 3.02. The second-order valence-electron chi connectivity index (χ2n) is 8.17. The van der Waals surface area contributed by atoms with Gasteiger partial charge < -0.3 is 9.47 Å². The Hall–Kier alpha value is -1.51. The quantitative estimate of drug-likeness (QED) is 0.680. The van der Waals surface area contributed by atoms with Crippen LogP contribution in [0.1, 0.15) is 69.3 Å². The molecule has 0 atom stereocenters. The number of benzene rings is 1. The molecule has 23 heavy (non-hydrogen) atoms. The molecule has 0 saturated heterocycles. The molecule has 0 aromatic heterocycles. The maximum absolute atomic E-state index is 11.9. The molecule has 0 heterocycles. The van der Waals surface area contributed by atoms with Crippen molar-refractivity contribution in [1.29, 1.82) is 0 Å². The SMILES string of the molecule is CC(=O)c1cc(OCC2CC2)c(OCC2CC2)c(C(C)(C)C)c1. The predicted molar refractivity (Wildman–Crippen MR) is 91.6 cm³/mol. The van der Waals surface area contributed by atoms with Crippen LogP contribution in [0.3, 0.4) is 0 Å². The average molecular weight is 316 g/mol. The molecule has 1 aromatic carbocycles. The van der Waals surface area contributed by atoms with Gasteiger partial charge in [-0.25, -0.2) is 0 Å². The van der Waals surface area contributed by atoms with E-state index in [0.29, 0.717) is 17.4 Å². The molecule has 3 nitrogen and oxygen atoms in total. The summed E-state index contributed by atoms with van der Waals surface area (Å²) in [6.45, 7) is 9.55. The Morgan fingerprint density at radius 3 is 2.09 bits per heavy atom. The van der Waals surface area contributed by atoms with Gasteiger partial charge in [-0.1, -0.05) is 20.8 Å². The highest BCUT2D eigenvalue weighted by atomic mass is 16.5. The van der Waals surface area contributed by atoms with E-state index in [9.17, 15) is 4.79 Å². The summed E-state index contributed by atoms with van der Waals surface area (Å²) in [5.41, 5.74) is 1.68. The monoisotopic (exact) mass is 316 g/mol. The van der Waals surface area contributed by atoms with E-state index in [4.69, 9.17) is 9.47 Å². The fourth-order valence-corrected chi connectivity index (χ4v) is 2.60. The van der Waals surface area contributed by atoms with E-state index in [1.54, 1.807) is 6.92 Å². The number of hydrogen-bond acceptors (Lipinski definition) is 3. The van der Waals surface area contributed by atoms with Crippen LogP contribution < -0.4 is 9.47 Å². The normalized spacial score (nSPS) is 17.9. The Balaban J connectivity index is 1.95. The van der Waals surface area contributed by atoms with Gasteiger partial charge in [-0.3, -0.25) is 4.79 Å². The third kappa shape index (κ3) is 4.27. The lowest BCUT2D eigenvalue weighted by molar-refractivity contribution is 0.101. The second-order valence-corrected chi connectivity index (χ2v) is 8.17. The van der Waals surface area contributed by atoms with Crippen LogP contribution in [0, 0.1) is 11.8 Å². The molecule has 2 saturated carbocycles. The summed E-state index contributed by atoms with van der Waals surface area (Å²) in [6.07, 6.45) is 5.01. The fourth-order valence-electron chi connectivity index (χ4n) is 2.60. The van der Waals surface area contributed by atoms with Gasteiger partial charge in [-0.15, -0.1) is 0 Å². The number of carbonyl (C=O) groups is 1. The highest BCUT2D eigenvalue weighted by Gasteiger charge is 2.29. The van der Waals surface area contributed by atoms with Crippen LogP contribution in [-0.4, -0.2) is 19.0 Å². The van der Waals surface area contributed by atoms with Gasteiger partial charge in [0.1, 0.15) is 0 Å². The van der Waals surface area contributed by atoms with Crippen molar-refractivity contribution in [3.63, 3.8) is 0 Å². The number of ketones is 1. The molecular formula is C20H28O3. The fraction of sp³-hybridized carbons (Fsp3) is 0.650. The Kier molecular flexibility index (Phi) is 4.39. The molecule has 126 valence electrons. The van der Waals surface area contributed by atoms with Crippen molar-refractivity contribution >= 4 is 5.78 Å². The first-order valence-electron chi connectivity index (χ1n) is 8.79. The van der Waals surface area contributed by atoms with Crippen LogP contribution in [0.15, 0.2) is 12.1 Å². The number of hydrogen-bond donors (Lipinski definition) is 0. The molecule has 1 aromatic rings. The van der Waals surface area contributed by atoms with Gasteiger partial charge in [0.25, 0.3) is 0 Å². The molecule has 3 heteroatoms. The minimum atomic E-state index is -0.0952. The summed E-state index contributed by atoms with van der Waals surface area (Å²) in [4.78, 5) is 11.9. The van der Waals surface area contributed by atoms with E-state index in [1.807, 2.05) is 12.1 Å². The molecular weight excluding hydrogens is 288 g/mol. The maximum atomic E-state index is 11.9. The molecule has 2 fully saturated rings. The van der Waals surface area contributed by atoms with Crippen LogP contribution in [0.25, 0.3) is 0 Å². The smallest absolute Gasteiger partial charge is 0.164 e. The first kappa shape index (κ1) is 16.4. The first-order valence-corrected chi connectivity index (χ1v) is 8.79. The van der Waals surface area contributed by atoms with E-state index in [1.165, 1.54) is 25.7 Å². The third-order valence-corrected chi connectivity index (χ3v) is 4.60. The predicted octanol–water partition coefficient (Wildman–Crippen LogP) is 4.76. The summed E-state index contributed by atoms with van der Waals surface area (Å²) in [7, 11) is 0. The van der Waals surface area contributed by atoms with E-state index >= 15 is 0 Å². The van der Waals surface area contributed by atoms with Crippen LogP contribution in [-0.2, 0) is 5.41 Å². The standard InChI is InChI=1S/C20H28O3/c1-13(21)16-9-17(20(2,3)4)19(23-12-15-7-8-15)18(10-16)22-11-14-5-6-14/h9-10,14-15H,5-8,11-12H2,1-4H3. The molecule has 0 N–H and O–H groups in total. The van der Waals surface area contributed by atoms with Crippen LogP contribution in [0.4, 0.5) is 0 Å². The van der Waals surface area contributed by atoms with Crippen LogP contribution in [0.2, 0.25) is 0 Å². The van der Waals surface area contributed by atoms with Crippen molar-refractivity contribution in [2.75, 3.05) is 13.2 Å². The molecule has 0 spiro atoms. The van der Waals surface area contributed by atoms with Crippen molar-refractivity contribution in [1.82, 2.24) is 0 Å². The van der Waals surface area contributed by atoms with Crippen LogP contribution >= 0.6 is 0 Å². The largest absolute Gasteiger partial charge is 0.489 e. The van der Waals surface area contributed by atoms with Crippen molar-refractivity contribution in [3.05, 3.63) is 23.3 Å². The lowest BCUT2D eigenvalue weighted by atomic mass is 9.84. The molecule has 3 rings (SSSR count). The molecule has 0 unspecified atom stereocenters. The summed E-state index contributed by atoms with van der Waals surface area (Å²) in [6, 6.07) is 3.84. The Bertz CT molecular complexity index is 590. The van der Waals surface area contributed by atoms with Gasteiger partial charge in [0.15, 0.2) is 17.3 Å². The number of carbonyl (C=O) groups excluding carboxylic acids is 1. The van der Waals surface area contributed by atoms with E-state index in [0.717, 1.165) is 30.3 Å². The number of Topliss-reactive ketones (excluding diaryl/α,β-unsaturated/α-hetero) is 1. The van der Waals surface area contributed by atoms with E-state index in [-0.39, 0.29) is 11.2 Å². The molecule has 0 aliphatic heterocycles. The van der Waals surface area contributed by atoms with Gasteiger partial charge in [0.2, 0.25) is 0 Å². The average Bonchev–Trinajstić information content (AvgIpc) is 3.35. The summed E-state index contributed by atoms with van der Waals surface area (Å²) < 4.78 is 12.2.